The number of anilines is 1. The lowest BCUT2D eigenvalue weighted by Gasteiger charge is -2.23. The summed E-state index contributed by atoms with van der Waals surface area (Å²) in [5, 5.41) is 22.1. The second kappa shape index (κ2) is 14.3. The van der Waals surface area contributed by atoms with E-state index in [1.807, 2.05) is 0 Å². The van der Waals surface area contributed by atoms with Crippen molar-refractivity contribution in [2.24, 2.45) is 13.0 Å². The lowest BCUT2D eigenvalue weighted by molar-refractivity contribution is -0.167. The Kier molecular flexibility index (Phi) is 10.0. The first-order chi connectivity index (χ1) is 27.0. The number of hydrogen-bond donors (Lipinski definition) is 3. The minimum atomic E-state index is -5.29. The normalized spacial score (nSPS) is 17.4. The maximum atomic E-state index is 15.4. The van der Waals surface area contributed by atoms with Crippen molar-refractivity contribution in [3.05, 3.63) is 93.0 Å². The third-order valence-corrected chi connectivity index (χ3v) is 9.94. The Labute approximate surface area is 327 Å². The van der Waals surface area contributed by atoms with Gasteiger partial charge in [-0.2, -0.15) is 32.1 Å². The van der Waals surface area contributed by atoms with Crippen LogP contribution < -0.4 is 10.6 Å². The summed E-state index contributed by atoms with van der Waals surface area (Å²) in [6.07, 6.45) is -8.96. The molecule has 5 aromatic rings. The predicted molar refractivity (Wildman–Crippen MR) is 190 cm³/mol. The van der Waals surface area contributed by atoms with E-state index in [4.69, 9.17) is 11.6 Å². The zero-order valence-corrected chi connectivity index (χ0v) is 31.0. The summed E-state index contributed by atoms with van der Waals surface area (Å²) >= 11 is 6.44. The van der Waals surface area contributed by atoms with E-state index in [1.165, 1.54) is 45.2 Å². The molecule has 0 spiro atoms. The highest BCUT2D eigenvalue weighted by atomic mass is 35.5. The van der Waals surface area contributed by atoms with Gasteiger partial charge in [0, 0.05) is 35.7 Å². The van der Waals surface area contributed by atoms with Crippen LogP contribution in [0.1, 0.15) is 72.6 Å². The molecule has 0 radical (unpaired) electrons. The Morgan fingerprint density at radius 3 is 2.34 bits per heavy atom. The molecule has 2 aliphatic carbocycles. The first-order valence-electron chi connectivity index (χ1n) is 17.3. The molecule has 2 aromatic carbocycles. The smallest absolute Gasteiger partial charge is 0.378 e. The largest absolute Gasteiger partial charge is 0.471 e. The number of benzene rings is 2. The Balaban J connectivity index is 1.38. The molecule has 1 saturated carbocycles. The van der Waals surface area contributed by atoms with Crippen LogP contribution in [0.25, 0.3) is 22.0 Å². The molecule has 3 atom stereocenters. The van der Waals surface area contributed by atoms with Crippen molar-refractivity contribution in [3.63, 3.8) is 0 Å². The van der Waals surface area contributed by atoms with E-state index in [0.717, 1.165) is 16.8 Å². The highest BCUT2D eigenvalue weighted by molar-refractivity contribution is 6.37. The number of nitrogens with one attached hydrogen (secondary N) is 2. The van der Waals surface area contributed by atoms with Gasteiger partial charge < -0.3 is 15.7 Å². The number of pyridine rings is 1. The summed E-state index contributed by atoms with van der Waals surface area (Å²) in [4.78, 5) is 30.4. The molecule has 2 amide bonds. The number of amides is 2. The van der Waals surface area contributed by atoms with Gasteiger partial charge in [0.05, 0.1) is 27.7 Å². The van der Waals surface area contributed by atoms with Crippen molar-refractivity contribution in [1.29, 1.82) is 0 Å². The molecule has 3 heterocycles. The van der Waals surface area contributed by atoms with Gasteiger partial charge in [0.25, 0.3) is 12.3 Å². The molecular formula is C38H29ClF9N7O3. The summed E-state index contributed by atoms with van der Waals surface area (Å²) in [6.45, 7) is 1.79. The fraction of sp³-hybridized carbons (Fsp3) is 0.342. The molecule has 0 aliphatic heterocycles. The number of hydrogen-bond acceptors (Lipinski definition) is 6. The summed E-state index contributed by atoms with van der Waals surface area (Å²) < 4.78 is 129. The summed E-state index contributed by atoms with van der Waals surface area (Å²) in [5.41, 5.74) is -3.32. The standard InChI is InChI=1S/C38H29ClF9N7O3/c1-36(2,58)9-8-19-4-5-20(21-6-7-24(39)28-31(21)54(3)53-34(28)51-35(57)38(46,47)48)29(49-19)25(12-16-10-17(40)13-18(41)11-16)50-26(56)15-55-32-27(30(52-55)33(42)43)22-14-23(22)37(32,44)45/h4-7,10-11,13,22-23,25,33,58H,12,14-15H2,1-3H3,(H,50,56)(H,51,53,57)/t22-,23+,25?/m0/s1. The second-order valence-electron chi connectivity index (χ2n) is 14.5. The minimum Gasteiger partial charge on any atom is -0.378 e. The SMILES string of the molecule is Cn1nc(NC(=O)C(F)(F)F)c2c(Cl)ccc(-c3ccc(C#CC(C)(C)O)nc3C(Cc3cc(F)cc(F)c3)NC(=O)Cn3nc(C(F)F)c4c3C(F)(F)[C@@H]3C[C@H]43)c21. The summed E-state index contributed by atoms with van der Waals surface area (Å²) in [7, 11) is 1.34. The van der Waals surface area contributed by atoms with E-state index in [0.29, 0.717) is 10.7 Å². The van der Waals surface area contributed by atoms with Crippen LogP contribution >= 0.6 is 11.6 Å². The zero-order valence-electron chi connectivity index (χ0n) is 30.3. The molecule has 58 heavy (non-hydrogen) atoms. The highest BCUT2D eigenvalue weighted by Gasteiger charge is 2.67. The highest BCUT2D eigenvalue weighted by Crippen LogP contribution is 2.68. The fourth-order valence-corrected chi connectivity index (χ4v) is 7.49. The van der Waals surface area contributed by atoms with Gasteiger partial charge in [0.15, 0.2) is 5.82 Å². The molecular weight excluding hydrogens is 809 g/mol. The number of nitrogens with zero attached hydrogens (tertiary/aromatic N) is 5. The molecule has 1 fully saturated rings. The van der Waals surface area contributed by atoms with Gasteiger partial charge >= 0.3 is 12.1 Å². The molecule has 7 rings (SSSR count). The molecule has 0 saturated heterocycles. The average Bonchev–Trinajstić information content (AvgIpc) is 3.65. The number of carbonyl (C=O) groups is 2. The Morgan fingerprint density at radius 1 is 1.03 bits per heavy atom. The van der Waals surface area contributed by atoms with Crippen LogP contribution in [0.3, 0.4) is 0 Å². The number of rotatable bonds is 9. The fourth-order valence-electron chi connectivity index (χ4n) is 7.25. The number of alkyl halides is 7. The molecule has 0 bridgehead atoms. The van der Waals surface area contributed by atoms with Crippen LogP contribution in [-0.4, -0.2) is 53.2 Å². The lowest BCUT2D eigenvalue weighted by Crippen LogP contribution is -2.35. The first-order valence-corrected chi connectivity index (χ1v) is 17.7. The van der Waals surface area contributed by atoms with E-state index in [-0.39, 0.29) is 56.0 Å². The quantitative estimate of drug-likeness (QED) is 0.104. The van der Waals surface area contributed by atoms with Crippen molar-refractivity contribution in [2.75, 3.05) is 5.32 Å². The predicted octanol–water partition coefficient (Wildman–Crippen LogP) is 7.63. The molecule has 20 heteroatoms. The summed E-state index contributed by atoms with van der Waals surface area (Å²) in [5.74, 6) is -6.28. The maximum absolute atomic E-state index is 15.4. The number of fused-ring (bicyclic) bond motifs is 4. The van der Waals surface area contributed by atoms with Crippen LogP contribution in [0.2, 0.25) is 5.02 Å². The monoisotopic (exact) mass is 837 g/mol. The zero-order chi connectivity index (χ0) is 42.2. The Bertz CT molecular complexity index is 2550. The van der Waals surface area contributed by atoms with Gasteiger partial charge in [-0.3, -0.25) is 19.0 Å². The molecule has 1 unspecified atom stereocenters. The van der Waals surface area contributed by atoms with Crippen LogP contribution in [0.15, 0.2) is 42.5 Å². The number of aromatic nitrogens is 5. The van der Waals surface area contributed by atoms with Crippen LogP contribution in [0, 0.1) is 29.4 Å². The van der Waals surface area contributed by atoms with Crippen molar-refractivity contribution < 1.29 is 54.2 Å². The van der Waals surface area contributed by atoms with Gasteiger partial charge in [-0.1, -0.05) is 23.6 Å². The molecule has 3 aromatic heterocycles. The molecule has 3 N–H and O–H groups in total. The van der Waals surface area contributed by atoms with Crippen molar-refractivity contribution in [1.82, 2.24) is 29.9 Å². The first kappa shape index (κ1) is 40.6. The van der Waals surface area contributed by atoms with Crippen LogP contribution in [0.5, 0.6) is 0 Å². The number of aryl methyl sites for hydroxylation is 1. The van der Waals surface area contributed by atoms with Gasteiger partial charge in [-0.15, -0.1) is 0 Å². The number of aliphatic hydroxyl groups is 1. The van der Waals surface area contributed by atoms with Gasteiger partial charge in [0.2, 0.25) is 5.91 Å². The third kappa shape index (κ3) is 7.69. The third-order valence-electron chi connectivity index (χ3n) is 9.63. The maximum Gasteiger partial charge on any atom is 0.471 e. The van der Waals surface area contributed by atoms with Crippen LogP contribution in [0.4, 0.5) is 45.3 Å². The van der Waals surface area contributed by atoms with Gasteiger partial charge in [-0.05, 0) is 74.4 Å². The topological polar surface area (TPSA) is 127 Å². The number of halogens is 10. The molecule has 304 valence electrons. The molecule has 10 nitrogen and oxygen atoms in total. The van der Waals surface area contributed by atoms with E-state index < -0.39 is 95.6 Å². The van der Waals surface area contributed by atoms with Gasteiger partial charge in [-0.25, -0.2) is 22.5 Å². The van der Waals surface area contributed by atoms with E-state index in [9.17, 15) is 45.4 Å². The van der Waals surface area contributed by atoms with Crippen molar-refractivity contribution >= 4 is 40.1 Å². The second-order valence-corrected chi connectivity index (χ2v) is 14.9. The minimum absolute atomic E-state index is 0.00997. The van der Waals surface area contributed by atoms with Gasteiger partial charge in [0.1, 0.15) is 40.9 Å². The molecule has 2 aliphatic rings. The van der Waals surface area contributed by atoms with E-state index in [2.05, 4.69) is 32.3 Å². The number of carbonyl (C=O) groups excluding carboxylic acids is 2. The lowest BCUT2D eigenvalue weighted by atomic mass is 9.93. The van der Waals surface area contributed by atoms with E-state index >= 15 is 8.78 Å². The summed E-state index contributed by atoms with van der Waals surface area (Å²) in [6, 6.07) is 6.63. The van der Waals surface area contributed by atoms with Crippen molar-refractivity contribution in [3.8, 4) is 23.0 Å². The van der Waals surface area contributed by atoms with Crippen molar-refractivity contribution in [2.45, 2.75) is 69.3 Å². The Hall–Kier alpha value is -5.61. The average molecular weight is 838 g/mol. The Morgan fingerprint density at radius 2 is 1.71 bits per heavy atom. The van der Waals surface area contributed by atoms with E-state index in [1.54, 1.807) is 5.32 Å². The van der Waals surface area contributed by atoms with Crippen LogP contribution in [-0.2, 0) is 35.5 Å².